The smallest absolute Gasteiger partial charge is 0.253 e. The molecule has 0 amide bonds. The molecule has 3 aromatic heterocycles. The summed E-state index contributed by atoms with van der Waals surface area (Å²) >= 11 is 0. The van der Waals surface area contributed by atoms with E-state index in [9.17, 15) is 4.39 Å². The van der Waals surface area contributed by atoms with Crippen LogP contribution in [0.25, 0.3) is 17.5 Å². The van der Waals surface area contributed by atoms with Gasteiger partial charge in [0.25, 0.3) is 5.95 Å². The van der Waals surface area contributed by atoms with E-state index in [0.717, 1.165) is 0 Å². The molecule has 0 radical (unpaired) electrons. The molecule has 0 fully saturated rings. The third-order valence-corrected chi connectivity index (χ3v) is 3.42. The van der Waals surface area contributed by atoms with Crippen molar-refractivity contribution in [3.8, 4) is 17.5 Å². The topological polar surface area (TPSA) is 74.3 Å². The van der Waals surface area contributed by atoms with Crippen LogP contribution in [0, 0.1) is 5.82 Å². The van der Waals surface area contributed by atoms with Crippen molar-refractivity contribution in [3.63, 3.8) is 0 Å². The SMILES string of the molecule is Fc1ccccc1Cn1nc(-c2ccccn2)nc1-n1nccn1. The van der Waals surface area contributed by atoms with Gasteiger partial charge in [-0.3, -0.25) is 4.98 Å². The van der Waals surface area contributed by atoms with E-state index in [0.29, 0.717) is 23.0 Å². The first-order chi connectivity index (χ1) is 11.8. The van der Waals surface area contributed by atoms with Gasteiger partial charge in [0, 0.05) is 11.8 Å². The lowest BCUT2D eigenvalue weighted by atomic mass is 10.2. The van der Waals surface area contributed by atoms with Gasteiger partial charge in [0.1, 0.15) is 11.5 Å². The molecule has 0 atom stereocenters. The van der Waals surface area contributed by atoms with Gasteiger partial charge < -0.3 is 0 Å². The summed E-state index contributed by atoms with van der Waals surface area (Å²) < 4.78 is 15.5. The van der Waals surface area contributed by atoms with Gasteiger partial charge in [0.05, 0.1) is 18.9 Å². The number of benzene rings is 1. The maximum Gasteiger partial charge on any atom is 0.268 e. The molecule has 24 heavy (non-hydrogen) atoms. The summed E-state index contributed by atoms with van der Waals surface area (Å²) in [7, 11) is 0. The van der Waals surface area contributed by atoms with E-state index >= 15 is 0 Å². The molecule has 0 saturated carbocycles. The zero-order valence-corrected chi connectivity index (χ0v) is 12.5. The molecular weight excluding hydrogens is 309 g/mol. The number of rotatable bonds is 4. The van der Waals surface area contributed by atoms with Crippen molar-refractivity contribution in [2.45, 2.75) is 6.54 Å². The number of aromatic nitrogens is 7. The van der Waals surface area contributed by atoms with Crippen molar-refractivity contribution in [2.75, 3.05) is 0 Å². The Labute approximate surface area is 136 Å². The molecular formula is C16H12FN7. The van der Waals surface area contributed by atoms with E-state index in [1.54, 1.807) is 41.5 Å². The van der Waals surface area contributed by atoms with Crippen molar-refractivity contribution < 1.29 is 4.39 Å². The molecule has 1 aromatic carbocycles. The molecule has 0 unspecified atom stereocenters. The molecule has 7 nitrogen and oxygen atoms in total. The highest BCUT2D eigenvalue weighted by molar-refractivity contribution is 5.48. The lowest BCUT2D eigenvalue weighted by molar-refractivity contribution is 0.564. The van der Waals surface area contributed by atoms with Crippen molar-refractivity contribution >= 4 is 0 Å². The number of nitrogens with zero attached hydrogens (tertiary/aromatic N) is 7. The minimum absolute atomic E-state index is 0.212. The summed E-state index contributed by atoms with van der Waals surface area (Å²) in [5.74, 6) is 0.523. The highest BCUT2D eigenvalue weighted by Crippen LogP contribution is 2.16. The van der Waals surface area contributed by atoms with E-state index in [-0.39, 0.29) is 12.4 Å². The van der Waals surface area contributed by atoms with Gasteiger partial charge in [0.2, 0.25) is 5.82 Å². The van der Waals surface area contributed by atoms with E-state index in [1.807, 2.05) is 18.2 Å². The Balaban J connectivity index is 1.80. The monoisotopic (exact) mass is 321 g/mol. The summed E-state index contributed by atoms with van der Waals surface area (Å²) in [6.45, 7) is 0.212. The Hall–Kier alpha value is -3.42. The van der Waals surface area contributed by atoms with Crippen molar-refractivity contribution in [2.24, 2.45) is 0 Å². The van der Waals surface area contributed by atoms with Crippen LogP contribution in [0.2, 0.25) is 0 Å². The van der Waals surface area contributed by atoms with Crippen LogP contribution in [-0.4, -0.2) is 34.7 Å². The molecule has 3 heterocycles. The molecule has 0 spiro atoms. The summed E-state index contributed by atoms with van der Waals surface area (Å²) in [5.41, 5.74) is 1.13. The molecule has 118 valence electrons. The van der Waals surface area contributed by atoms with Gasteiger partial charge in [-0.15, -0.1) is 9.90 Å². The molecule has 0 saturated heterocycles. The molecule has 0 aliphatic rings. The van der Waals surface area contributed by atoms with Gasteiger partial charge >= 0.3 is 0 Å². The van der Waals surface area contributed by atoms with Gasteiger partial charge in [-0.1, -0.05) is 24.3 Å². The van der Waals surface area contributed by atoms with Crippen LogP contribution in [0.15, 0.2) is 61.1 Å². The second-order valence-corrected chi connectivity index (χ2v) is 5.02. The molecule has 0 N–H and O–H groups in total. The fourth-order valence-corrected chi connectivity index (χ4v) is 2.30. The second kappa shape index (κ2) is 5.99. The minimum Gasteiger partial charge on any atom is -0.253 e. The van der Waals surface area contributed by atoms with Crippen LogP contribution in [0.5, 0.6) is 0 Å². The Bertz CT molecular complexity index is 948. The maximum absolute atomic E-state index is 14.0. The third kappa shape index (κ3) is 2.65. The summed E-state index contributed by atoms with van der Waals surface area (Å²) in [5, 5.41) is 12.6. The molecule has 0 aliphatic heterocycles. The average Bonchev–Trinajstić information content (AvgIpc) is 3.27. The summed E-state index contributed by atoms with van der Waals surface area (Å²) in [6.07, 6.45) is 4.75. The standard InChI is InChI=1S/C16H12FN7/c17-13-6-2-1-5-12(13)11-23-16(24-19-9-10-20-24)21-15(22-23)14-7-3-4-8-18-14/h1-10H,11H2. The second-order valence-electron chi connectivity index (χ2n) is 5.02. The Morgan fingerprint density at radius 1 is 0.917 bits per heavy atom. The van der Waals surface area contributed by atoms with Crippen molar-refractivity contribution in [3.05, 3.63) is 72.4 Å². The van der Waals surface area contributed by atoms with E-state index < -0.39 is 0 Å². The highest BCUT2D eigenvalue weighted by atomic mass is 19.1. The Kier molecular flexibility index (Phi) is 3.54. The maximum atomic E-state index is 14.0. The van der Waals surface area contributed by atoms with Crippen LogP contribution in [0.1, 0.15) is 5.56 Å². The number of hydrogen-bond acceptors (Lipinski definition) is 5. The third-order valence-electron chi connectivity index (χ3n) is 3.42. The summed E-state index contributed by atoms with van der Waals surface area (Å²) in [6, 6.07) is 12.0. The molecule has 8 heteroatoms. The van der Waals surface area contributed by atoms with Crippen LogP contribution >= 0.6 is 0 Å². The van der Waals surface area contributed by atoms with Crippen molar-refractivity contribution in [1.82, 2.24) is 34.7 Å². The van der Waals surface area contributed by atoms with Gasteiger partial charge in [-0.25, -0.2) is 9.07 Å². The largest absolute Gasteiger partial charge is 0.268 e. The first-order valence-corrected chi connectivity index (χ1v) is 7.27. The lowest BCUT2D eigenvalue weighted by Crippen LogP contribution is -2.12. The highest BCUT2D eigenvalue weighted by Gasteiger charge is 2.16. The first-order valence-electron chi connectivity index (χ1n) is 7.27. The van der Waals surface area contributed by atoms with E-state index in [1.165, 1.54) is 10.9 Å². The Morgan fingerprint density at radius 2 is 1.71 bits per heavy atom. The van der Waals surface area contributed by atoms with Crippen molar-refractivity contribution in [1.29, 1.82) is 0 Å². The fourth-order valence-electron chi connectivity index (χ4n) is 2.30. The van der Waals surface area contributed by atoms with E-state index in [4.69, 9.17) is 0 Å². The van der Waals surface area contributed by atoms with Crippen LogP contribution in [0.3, 0.4) is 0 Å². The van der Waals surface area contributed by atoms with Crippen LogP contribution in [-0.2, 0) is 6.54 Å². The molecule has 4 aromatic rings. The normalized spacial score (nSPS) is 10.9. The van der Waals surface area contributed by atoms with Gasteiger partial charge in [0.15, 0.2) is 0 Å². The predicted molar refractivity (Wildman–Crippen MR) is 83.7 cm³/mol. The van der Waals surface area contributed by atoms with Gasteiger partial charge in [-0.2, -0.15) is 15.2 Å². The minimum atomic E-state index is -0.299. The lowest BCUT2D eigenvalue weighted by Gasteiger charge is -2.05. The van der Waals surface area contributed by atoms with Gasteiger partial charge in [-0.05, 0) is 18.2 Å². The zero-order valence-electron chi connectivity index (χ0n) is 12.5. The molecule has 0 aliphatic carbocycles. The predicted octanol–water partition coefficient (Wildman–Crippen LogP) is 2.11. The fraction of sp³-hybridized carbons (Fsp3) is 0.0625. The average molecular weight is 321 g/mol. The number of pyridine rings is 1. The summed E-state index contributed by atoms with van der Waals surface area (Å²) in [4.78, 5) is 10.0. The van der Waals surface area contributed by atoms with Crippen LogP contribution in [0.4, 0.5) is 4.39 Å². The van der Waals surface area contributed by atoms with E-state index in [2.05, 4.69) is 25.3 Å². The molecule has 4 rings (SSSR count). The number of halogens is 1. The quantitative estimate of drug-likeness (QED) is 0.575. The number of hydrogen-bond donors (Lipinski definition) is 0. The Morgan fingerprint density at radius 3 is 2.46 bits per heavy atom. The first kappa shape index (κ1) is 14.2. The van der Waals surface area contributed by atoms with Crippen LogP contribution < -0.4 is 0 Å². The zero-order chi connectivity index (χ0) is 16.4. The molecule has 0 bridgehead atoms.